The Balaban J connectivity index is 2.06. The highest BCUT2D eigenvalue weighted by Crippen LogP contribution is 2.07. The van der Waals surface area contributed by atoms with Crippen LogP contribution in [0.4, 0.5) is 0 Å². The molecule has 0 radical (unpaired) electrons. The van der Waals surface area contributed by atoms with Gasteiger partial charge in [-0.2, -0.15) is 0 Å². The summed E-state index contributed by atoms with van der Waals surface area (Å²) in [7, 11) is 1.78. The van der Waals surface area contributed by atoms with Gasteiger partial charge in [0.15, 0.2) is 5.96 Å². The fourth-order valence-corrected chi connectivity index (χ4v) is 2.83. The van der Waals surface area contributed by atoms with Crippen LogP contribution in [0.15, 0.2) is 4.99 Å². The maximum atomic E-state index is 5.86. The van der Waals surface area contributed by atoms with Crippen molar-refractivity contribution in [3.8, 4) is 0 Å². The molecule has 1 saturated heterocycles. The largest absolute Gasteiger partial charge is 0.379 e. The molecule has 1 aliphatic heterocycles. The first kappa shape index (κ1) is 23.1. The molecule has 7 nitrogen and oxygen atoms in total. The van der Waals surface area contributed by atoms with Gasteiger partial charge in [0.25, 0.3) is 0 Å². The van der Waals surface area contributed by atoms with E-state index in [1.807, 2.05) is 0 Å². The minimum absolute atomic E-state index is 0.206. The van der Waals surface area contributed by atoms with Crippen LogP contribution in [0.25, 0.3) is 0 Å². The van der Waals surface area contributed by atoms with Crippen molar-refractivity contribution in [2.75, 3.05) is 72.8 Å². The maximum Gasteiger partial charge on any atom is 0.191 e. The molecule has 0 aliphatic carbocycles. The van der Waals surface area contributed by atoms with Crippen LogP contribution in [-0.2, 0) is 14.2 Å². The molecular formula is C19H40N4O3. The van der Waals surface area contributed by atoms with Crippen LogP contribution in [0.5, 0.6) is 0 Å². The lowest BCUT2D eigenvalue weighted by Crippen LogP contribution is -2.50. The molecule has 1 atom stereocenters. The molecule has 0 aromatic heterocycles. The maximum absolute atomic E-state index is 5.86. The zero-order valence-corrected chi connectivity index (χ0v) is 17.3. The Hall–Kier alpha value is -0.890. The van der Waals surface area contributed by atoms with Crippen molar-refractivity contribution >= 4 is 5.96 Å². The number of hydrogen-bond donors (Lipinski definition) is 2. The van der Waals surface area contributed by atoms with Gasteiger partial charge in [-0.3, -0.25) is 9.89 Å². The molecule has 0 bridgehead atoms. The predicted molar refractivity (Wildman–Crippen MR) is 107 cm³/mol. The highest BCUT2D eigenvalue weighted by atomic mass is 16.5. The molecule has 2 N–H and O–H groups in total. The monoisotopic (exact) mass is 372 g/mol. The first-order valence-electron chi connectivity index (χ1n) is 10.1. The summed E-state index contributed by atoms with van der Waals surface area (Å²) in [6.07, 6.45) is 2.49. The fourth-order valence-electron chi connectivity index (χ4n) is 2.83. The zero-order chi connectivity index (χ0) is 19.0. The third-order valence-corrected chi connectivity index (χ3v) is 4.12. The van der Waals surface area contributed by atoms with Crippen LogP contribution >= 0.6 is 0 Å². The zero-order valence-electron chi connectivity index (χ0n) is 17.3. The van der Waals surface area contributed by atoms with Crippen molar-refractivity contribution in [3.05, 3.63) is 0 Å². The van der Waals surface area contributed by atoms with Gasteiger partial charge in [-0.15, -0.1) is 0 Å². The molecule has 26 heavy (non-hydrogen) atoms. The molecule has 1 rings (SSSR count). The molecule has 7 heteroatoms. The van der Waals surface area contributed by atoms with Gasteiger partial charge < -0.3 is 24.8 Å². The van der Waals surface area contributed by atoms with E-state index in [-0.39, 0.29) is 6.10 Å². The van der Waals surface area contributed by atoms with E-state index in [1.54, 1.807) is 7.05 Å². The highest BCUT2D eigenvalue weighted by molar-refractivity contribution is 5.79. The minimum atomic E-state index is 0.206. The summed E-state index contributed by atoms with van der Waals surface area (Å²) in [5.74, 6) is 1.48. The summed E-state index contributed by atoms with van der Waals surface area (Å²) in [6.45, 7) is 14.9. The van der Waals surface area contributed by atoms with Gasteiger partial charge >= 0.3 is 0 Å². The van der Waals surface area contributed by atoms with Crippen molar-refractivity contribution in [2.45, 2.75) is 39.7 Å². The van der Waals surface area contributed by atoms with Gasteiger partial charge in [-0.05, 0) is 12.3 Å². The molecule has 1 heterocycles. The average molecular weight is 373 g/mol. The Morgan fingerprint density at radius 1 is 1.19 bits per heavy atom. The number of hydrogen-bond acceptors (Lipinski definition) is 5. The Morgan fingerprint density at radius 2 is 1.96 bits per heavy atom. The summed E-state index contributed by atoms with van der Waals surface area (Å²) >= 11 is 0. The number of aliphatic imine (C=N–C) groups is 1. The normalized spacial score (nSPS) is 19.1. The number of guanidine groups is 1. The molecular weight excluding hydrogens is 332 g/mol. The van der Waals surface area contributed by atoms with Crippen LogP contribution in [0.3, 0.4) is 0 Å². The number of nitrogens with one attached hydrogen (secondary N) is 2. The Morgan fingerprint density at radius 3 is 2.65 bits per heavy atom. The smallest absolute Gasteiger partial charge is 0.191 e. The first-order valence-corrected chi connectivity index (χ1v) is 10.1. The van der Waals surface area contributed by atoms with Crippen LogP contribution < -0.4 is 10.6 Å². The van der Waals surface area contributed by atoms with E-state index in [0.29, 0.717) is 25.7 Å². The van der Waals surface area contributed by atoms with E-state index >= 15 is 0 Å². The van der Waals surface area contributed by atoms with E-state index in [9.17, 15) is 0 Å². The second kappa shape index (κ2) is 15.2. The summed E-state index contributed by atoms with van der Waals surface area (Å²) < 4.78 is 16.9. The lowest BCUT2D eigenvalue weighted by Gasteiger charge is -2.34. The summed E-state index contributed by atoms with van der Waals surface area (Å²) in [5.41, 5.74) is 0. The fraction of sp³-hybridized carbons (Fsp3) is 0.947. The second-order valence-corrected chi connectivity index (χ2v) is 7.10. The summed E-state index contributed by atoms with van der Waals surface area (Å²) in [5, 5.41) is 6.61. The second-order valence-electron chi connectivity index (χ2n) is 7.10. The van der Waals surface area contributed by atoms with Crippen LogP contribution in [0.2, 0.25) is 0 Å². The van der Waals surface area contributed by atoms with Crippen molar-refractivity contribution in [3.63, 3.8) is 0 Å². The van der Waals surface area contributed by atoms with Crippen LogP contribution in [0.1, 0.15) is 33.6 Å². The van der Waals surface area contributed by atoms with Crippen molar-refractivity contribution in [1.82, 2.24) is 15.5 Å². The standard InChI is InChI=1S/C19H40N4O3/c1-5-6-9-24-12-13-25-10-7-21-19(20-4)22-14-18-16-23(8-11-26-18)15-17(2)3/h17-18H,5-16H2,1-4H3,(H2,20,21,22). The van der Waals surface area contributed by atoms with Crippen LogP contribution in [-0.4, -0.2) is 89.8 Å². The third kappa shape index (κ3) is 11.7. The molecule has 0 aromatic rings. The van der Waals surface area contributed by atoms with Crippen molar-refractivity contribution in [2.24, 2.45) is 10.9 Å². The van der Waals surface area contributed by atoms with Crippen LogP contribution in [0, 0.1) is 5.92 Å². The number of ether oxygens (including phenoxy) is 3. The molecule has 154 valence electrons. The predicted octanol–water partition coefficient (Wildman–Crippen LogP) is 1.34. The lowest BCUT2D eigenvalue weighted by atomic mass is 10.2. The van der Waals surface area contributed by atoms with E-state index in [2.05, 4.69) is 41.3 Å². The van der Waals surface area contributed by atoms with E-state index in [1.165, 1.54) is 6.42 Å². The van der Waals surface area contributed by atoms with E-state index in [4.69, 9.17) is 14.2 Å². The number of rotatable bonds is 13. The molecule has 1 aliphatic rings. The van der Waals surface area contributed by atoms with Crippen molar-refractivity contribution in [1.29, 1.82) is 0 Å². The average Bonchev–Trinajstić information content (AvgIpc) is 2.62. The van der Waals surface area contributed by atoms with Gasteiger partial charge in [0.2, 0.25) is 0 Å². The van der Waals surface area contributed by atoms with Gasteiger partial charge in [-0.1, -0.05) is 27.2 Å². The van der Waals surface area contributed by atoms with Gasteiger partial charge in [0.05, 0.1) is 32.5 Å². The summed E-state index contributed by atoms with van der Waals surface area (Å²) in [6, 6.07) is 0. The summed E-state index contributed by atoms with van der Waals surface area (Å²) in [4.78, 5) is 6.73. The lowest BCUT2D eigenvalue weighted by molar-refractivity contribution is -0.0284. The minimum Gasteiger partial charge on any atom is -0.379 e. The van der Waals surface area contributed by atoms with Gasteiger partial charge in [0.1, 0.15) is 0 Å². The van der Waals surface area contributed by atoms with E-state index < -0.39 is 0 Å². The molecule has 0 saturated carbocycles. The molecule has 1 fully saturated rings. The first-order chi connectivity index (χ1) is 12.7. The number of morpholine rings is 1. The van der Waals surface area contributed by atoms with Gasteiger partial charge in [-0.25, -0.2) is 0 Å². The molecule has 0 amide bonds. The molecule has 1 unspecified atom stereocenters. The SMILES string of the molecule is CCCCOCCOCCNC(=NC)NCC1CN(CC(C)C)CCO1. The Labute approximate surface area is 159 Å². The Kier molecular flexibility index (Phi) is 13.5. The number of nitrogens with zero attached hydrogens (tertiary/aromatic N) is 2. The molecule has 0 spiro atoms. The third-order valence-electron chi connectivity index (χ3n) is 4.12. The number of unbranched alkanes of at least 4 members (excludes halogenated alkanes) is 1. The van der Waals surface area contributed by atoms with Gasteiger partial charge in [0, 0.05) is 46.4 Å². The molecule has 0 aromatic carbocycles. The van der Waals surface area contributed by atoms with E-state index in [0.717, 1.165) is 58.3 Å². The highest BCUT2D eigenvalue weighted by Gasteiger charge is 2.20. The topological polar surface area (TPSA) is 67.4 Å². The Bertz CT molecular complexity index is 367. The quantitative estimate of drug-likeness (QED) is 0.289. The van der Waals surface area contributed by atoms with Crippen molar-refractivity contribution < 1.29 is 14.2 Å².